The molecule has 0 N–H and O–H groups in total. The third-order valence-corrected chi connectivity index (χ3v) is 4.71. The van der Waals surface area contributed by atoms with Crippen LogP contribution in [-0.4, -0.2) is 30.8 Å². The van der Waals surface area contributed by atoms with Crippen molar-refractivity contribution in [2.24, 2.45) is 4.99 Å². The number of benzodiazepines with no additional fused rings is 1. The maximum absolute atomic E-state index is 11.1. The first kappa shape index (κ1) is 17.5. The minimum absolute atomic E-state index is 0.0697. The fraction of sp³-hybridized carbons (Fsp3) is 0.167. The van der Waals surface area contributed by atoms with E-state index in [1.54, 1.807) is 24.3 Å². The number of aliphatic imine (C=N–C) groups is 1. The Hall–Kier alpha value is -2.37. The molecule has 5 nitrogen and oxygen atoms in total. The highest BCUT2D eigenvalue weighted by atomic mass is 35.5. The highest BCUT2D eigenvalue weighted by Gasteiger charge is 2.18. The molecule has 0 aromatic heterocycles. The lowest BCUT2D eigenvalue weighted by molar-refractivity contribution is -0.384. The van der Waals surface area contributed by atoms with Crippen LogP contribution in [0.25, 0.3) is 6.08 Å². The second-order valence-corrected chi connectivity index (χ2v) is 6.47. The summed E-state index contributed by atoms with van der Waals surface area (Å²) in [7, 11) is 1.91. The van der Waals surface area contributed by atoms with E-state index in [1.165, 1.54) is 6.07 Å². The number of allylic oxidation sites excluding steroid dienone is 1. The Balaban J connectivity index is 1.98. The molecule has 3 rings (SSSR count). The second kappa shape index (κ2) is 7.25. The lowest BCUT2D eigenvalue weighted by Crippen LogP contribution is -2.20. The number of hydrogen-bond acceptors (Lipinski definition) is 4. The third-order valence-electron chi connectivity index (χ3n) is 3.97. The van der Waals surface area contributed by atoms with E-state index >= 15 is 0 Å². The number of fused-ring (bicyclic) bond motifs is 1. The van der Waals surface area contributed by atoms with Crippen LogP contribution < -0.4 is 4.90 Å². The van der Waals surface area contributed by atoms with Crippen LogP contribution >= 0.6 is 23.2 Å². The third kappa shape index (κ3) is 3.83. The molecule has 1 aliphatic rings. The van der Waals surface area contributed by atoms with E-state index in [1.807, 2.05) is 30.2 Å². The SMILES string of the molecule is CN1CCN=C(/C=C/c2ccc(Cl)c(Cl)c2)c2ccc([N+](=O)[O-])cc21. The molecule has 0 bridgehead atoms. The summed E-state index contributed by atoms with van der Waals surface area (Å²) in [6.07, 6.45) is 3.79. The number of benzene rings is 2. The molecule has 7 heteroatoms. The van der Waals surface area contributed by atoms with Crippen LogP contribution in [-0.2, 0) is 0 Å². The zero-order valence-electron chi connectivity index (χ0n) is 13.4. The quantitative estimate of drug-likeness (QED) is 0.568. The molecule has 0 fully saturated rings. The van der Waals surface area contributed by atoms with Crippen molar-refractivity contribution in [3.05, 3.63) is 73.8 Å². The largest absolute Gasteiger partial charge is 0.372 e. The van der Waals surface area contributed by atoms with E-state index in [0.717, 1.165) is 22.5 Å². The standard InChI is InChI=1S/C18H15Cl2N3O2/c1-22-9-8-21-17(7-3-12-2-6-15(19)16(20)10-12)14-5-4-13(23(24)25)11-18(14)22/h2-7,10-11H,8-9H2,1H3/b7-3+. The molecular weight excluding hydrogens is 361 g/mol. The van der Waals surface area contributed by atoms with Gasteiger partial charge in [0.05, 0.1) is 32.9 Å². The zero-order valence-corrected chi connectivity index (χ0v) is 15.0. The minimum atomic E-state index is -0.388. The van der Waals surface area contributed by atoms with Gasteiger partial charge in [-0.2, -0.15) is 0 Å². The van der Waals surface area contributed by atoms with Crippen LogP contribution in [0.3, 0.4) is 0 Å². The molecule has 2 aromatic carbocycles. The van der Waals surface area contributed by atoms with Crippen LogP contribution in [0, 0.1) is 10.1 Å². The van der Waals surface area contributed by atoms with Crippen LogP contribution in [0.15, 0.2) is 47.5 Å². The predicted octanol–water partition coefficient (Wildman–Crippen LogP) is 4.85. The average Bonchev–Trinajstić information content (AvgIpc) is 2.75. The molecule has 2 aromatic rings. The van der Waals surface area contributed by atoms with Crippen molar-refractivity contribution < 1.29 is 4.92 Å². The highest BCUT2D eigenvalue weighted by molar-refractivity contribution is 6.42. The Morgan fingerprint density at radius 2 is 1.96 bits per heavy atom. The summed E-state index contributed by atoms with van der Waals surface area (Å²) >= 11 is 12.0. The van der Waals surface area contributed by atoms with Gasteiger partial charge in [0.15, 0.2) is 0 Å². The molecule has 0 atom stereocenters. The van der Waals surface area contributed by atoms with Crippen LogP contribution in [0.5, 0.6) is 0 Å². The maximum atomic E-state index is 11.1. The van der Waals surface area contributed by atoms with Crippen molar-refractivity contribution in [2.45, 2.75) is 0 Å². The number of rotatable bonds is 3. The van der Waals surface area contributed by atoms with Crippen molar-refractivity contribution in [2.75, 3.05) is 25.0 Å². The normalized spacial score (nSPS) is 14.2. The number of halogens is 2. The molecule has 0 saturated heterocycles. The molecule has 0 saturated carbocycles. The van der Waals surface area contributed by atoms with Gasteiger partial charge in [0.1, 0.15) is 0 Å². The smallest absolute Gasteiger partial charge is 0.271 e. The molecule has 0 unspecified atom stereocenters. The van der Waals surface area contributed by atoms with Crippen molar-refractivity contribution in [1.82, 2.24) is 0 Å². The summed E-state index contributed by atoms with van der Waals surface area (Å²) in [5.41, 5.74) is 3.41. The Kier molecular flexibility index (Phi) is 5.06. The first-order chi connectivity index (χ1) is 12.0. The lowest BCUT2D eigenvalue weighted by atomic mass is 10.0. The van der Waals surface area contributed by atoms with Crippen molar-refractivity contribution in [3.63, 3.8) is 0 Å². The monoisotopic (exact) mass is 375 g/mol. The number of nitro groups is 1. The van der Waals surface area contributed by atoms with E-state index in [2.05, 4.69) is 4.99 Å². The number of nitrogens with zero attached hydrogens (tertiary/aromatic N) is 3. The Morgan fingerprint density at radius 1 is 1.16 bits per heavy atom. The van der Waals surface area contributed by atoms with Gasteiger partial charge in [0.25, 0.3) is 5.69 Å². The molecule has 25 heavy (non-hydrogen) atoms. The summed E-state index contributed by atoms with van der Waals surface area (Å²) in [5.74, 6) is 0. The number of likely N-dealkylation sites (N-methyl/N-ethyl adjacent to an activating group) is 1. The predicted molar refractivity (Wildman–Crippen MR) is 103 cm³/mol. The molecule has 0 spiro atoms. The molecule has 1 aliphatic heterocycles. The van der Waals surface area contributed by atoms with E-state index < -0.39 is 0 Å². The molecule has 1 heterocycles. The van der Waals surface area contributed by atoms with Crippen molar-refractivity contribution in [3.8, 4) is 0 Å². The summed E-state index contributed by atoms with van der Waals surface area (Å²) in [4.78, 5) is 17.2. The topological polar surface area (TPSA) is 58.7 Å². The number of hydrogen-bond donors (Lipinski definition) is 0. The summed E-state index contributed by atoms with van der Waals surface area (Å²) in [6.45, 7) is 1.30. The Bertz CT molecular complexity index is 894. The van der Waals surface area contributed by atoms with Gasteiger partial charge in [-0.25, -0.2) is 0 Å². The van der Waals surface area contributed by atoms with Crippen LogP contribution in [0.1, 0.15) is 11.1 Å². The summed E-state index contributed by atoms with van der Waals surface area (Å²) in [6, 6.07) is 10.2. The number of non-ortho nitro benzene ring substituents is 1. The van der Waals surface area contributed by atoms with Gasteiger partial charge >= 0.3 is 0 Å². The van der Waals surface area contributed by atoms with Gasteiger partial charge in [0.2, 0.25) is 0 Å². The van der Waals surface area contributed by atoms with E-state index in [9.17, 15) is 10.1 Å². The first-order valence-corrected chi connectivity index (χ1v) is 8.39. The van der Waals surface area contributed by atoms with Crippen LogP contribution in [0.2, 0.25) is 10.0 Å². The fourth-order valence-electron chi connectivity index (χ4n) is 2.63. The molecule has 0 amide bonds. The first-order valence-electron chi connectivity index (χ1n) is 7.63. The summed E-state index contributed by atoms with van der Waals surface area (Å²) in [5, 5.41) is 12.0. The zero-order chi connectivity index (χ0) is 18.0. The van der Waals surface area contributed by atoms with Gasteiger partial charge in [-0.15, -0.1) is 0 Å². The Morgan fingerprint density at radius 3 is 2.68 bits per heavy atom. The summed E-state index contributed by atoms with van der Waals surface area (Å²) < 4.78 is 0. The fourth-order valence-corrected chi connectivity index (χ4v) is 2.93. The van der Waals surface area contributed by atoms with E-state index in [4.69, 9.17) is 23.2 Å². The van der Waals surface area contributed by atoms with Gasteiger partial charge in [-0.3, -0.25) is 15.1 Å². The van der Waals surface area contributed by atoms with Gasteiger partial charge < -0.3 is 4.90 Å². The van der Waals surface area contributed by atoms with E-state index in [0.29, 0.717) is 23.1 Å². The van der Waals surface area contributed by atoms with Gasteiger partial charge in [0, 0.05) is 31.3 Å². The lowest BCUT2D eigenvalue weighted by Gasteiger charge is -2.18. The van der Waals surface area contributed by atoms with Crippen LogP contribution in [0.4, 0.5) is 11.4 Å². The molecule has 0 aliphatic carbocycles. The second-order valence-electron chi connectivity index (χ2n) is 5.65. The van der Waals surface area contributed by atoms with Gasteiger partial charge in [-0.1, -0.05) is 35.3 Å². The minimum Gasteiger partial charge on any atom is -0.372 e. The van der Waals surface area contributed by atoms with Gasteiger partial charge in [-0.05, 0) is 29.8 Å². The average molecular weight is 376 g/mol. The Labute approximate surface area is 155 Å². The molecular formula is C18H15Cl2N3O2. The number of nitro benzene ring substituents is 1. The number of anilines is 1. The van der Waals surface area contributed by atoms with Crippen molar-refractivity contribution in [1.29, 1.82) is 0 Å². The maximum Gasteiger partial charge on any atom is 0.271 e. The highest BCUT2D eigenvalue weighted by Crippen LogP contribution is 2.28. The molecule has 128 valence electrons. The molecule has 0 radical (unpaired) electrons. The van der Waals surface area contributed by atoms with Crippen molar-refractivity contribution >= 4 is 46.4 Å². The van der Waals surface area contributed by atoms with E-state index in [-0.39, 0.29) is 10.6 Å².